The Morgan fingerprint density at radius 2 is 1.59 bits per heavy atom. The molecule has 0 amide bonds. The van der Waals surface area contributed by atoms with Crippen LogP contribution in [0.15, 0.2) is 54.7 Å². The van der Waals surface area contributed by atoms with Crippen LogP contribution in [0, 0.1) is 33.5 Å². The van der Waals surface area contributed by atoms with Crippen molar-refractivity contribution in [1.29, 1.82) is 0 Å². The fourth-order valence-electron chi connectivity index (χ4n) is 3.93. The summed E-state index contributed by atoms with van der Waals surface area (Å²) >= 11 is 0. The summed E-state index contributed by atoms with van der Waals surface area (Å²) in [4.78, 5) is 9.04. The Balaban J connectivity index is 2.12. The van der Waals surface area contributed by atoms with E-state index in [0.717, 1.165) is 50.1 Å². The van der Waals surface area contributed by atoms with Crippen molar-refractivity contribution in [3.63, 3.8) is 0 Å². The molecule has 0 unspecified atom stereocenters. The minimum Gasteiger partial charge on any atom is -0.262 e. The molecular formula is C24H21FN2. The van der Waals surface area contributed by atoms with Crippen LogP contribution in [0.1, 0.15) is 22.5 Å². The van der Waals surface area contributed by atoms with Crippen molar-refractivity contribution in [1.82, 2.24) is 9.97 Å². The number of hydrogen-bond donors (Lipinski definition) is 0. The molecule has 0 aliphatic rings. The van der Waals surface area contributed by atoms with Crippen molar-refractivity contribution in [2.75, 3.05) is 0 Å². The minimum absolute atomic E-state index is 0.217. The van der Waals surface area contributed by atoms with Gasteiger partial charge in [0.05, 0.1) is 5.52 Å². The van der Waals surface area contributed by atoms with Crippen LogP contribution in [0.3, 0.4) is 0 Å². The highest BCUT2D eigenvalue weighted by Gasteiger charge is 2.17. The van der Waals surface area contributed by atoms with E-state index in [-0.39, 0.29) is 5.82 Å². The summed E-state index contributed by atoms with van der Waals surface area (Å²) in [5.74, 6) is -0.217. The Bertz CT molecular complexity index is 1180. The van der Waals surface area contributed by atoms with Crippen molar-refractivity contribution in [2.45, 2.75) is 27.7 Å². The number of aromatic nitrogens is 2. The molecule has 0 fully saturated rings. The normalized spacial score (nSPS) is 11.1. The predicted molar refractivity (Wildman–Crippen MR) is 109 cm³/mol. The maximum Gasteiger partial charge on any atom is 0.131 e. The van der Waals surface area contributed by atoms with Crippen LogP contribution in [0.2, 0.25) is 0 Å². The molecule has 2 aromatic heterocycles. The molecule has 4 aromatic rings. The first-order valence-electron chi connectivity index (χ1n) is 9.05. The second-order valence-electron chi connectivity index (χ2n) is 7.06. The van der Waals surface area contributed by atoms with Gasteiger partial charge in [0.1, 0.15) is 5.82 Å². The Morgan fingerprint density at radius 3 is 2.33 bits per heavy atom. The number of aryl methyl sites for hydroxylation is 4. The highest BCUT2D eigenvalue weighted by atomic mass is 19.1. The molecule has 0 N–H and O–H groups in total. The van der Waals surface area contributed by atoms with Crippen LogP contribution in [0.5, 0.6) is 0 Å². The van der Waals surface area contributed by atoms with Gasteiger partial charge in [-0.3, -0.25) is 9.97 Å². The standard InChI is InChI=1S/C24H21FN2/c1-14-11-22-24(17(4)23(14)18-9-10-26-15(2)12-18)20(13-16(3)27-22)19-7-5-6-8-21(19)25/h5-13H,1-4H3. The fourth-order valence-corrected chi connectivity index (χ4v) is 3.93. The Labute approximate surface area is 158 Å². The second-order valence-corrected chi connectivity index (χ2v) is 7.06. The zero-order valence-corrected chi connectivity index (χ0v) is 16.0. The molecule has 2 heterocycles. The molecule has 0 spiro atoms. The molecule has 0 radical (unpaired) electrons. The van der Waals surface area contributed by atoms with E-state index >= 15 is 0 Å². The van der Waals surface area contributed by atoms with Crippen molar-refractivity contribution in [2.24, 2.45) is 0 Å². The van der Waals surface area contributed by atoms with E-state index in [4.69, 9.17) is 4.98 Å². The van der Waals surface area contributed by atoms with Gasteiger partial charge in [-0.05, 0) is 85.8 Å². The lowest BCUT2D eigenvalue weighted by atomic mass is 9.89. The van der Waals surface area contributed by atoms with Crippen molar-refractivity contribution in [3.8, 4) is 22.3 Å². The third-order valence-electron chi connectivity index (χ3n) is 5.02. The predicted octanol–water partition coefficient (Wildman–Crippen LogP) is 6.34. The summed E-state index contributed by atoms with van der Waals surface area (Å²) in [6, 6.07) is 15.1. The molecule has 0 aliphatic carbocycles. The number of pyridine rings is 2. The zero-order valence-electron chi connectivity index (χ0n) is 16.0. The lowest BCUT2D eigenvalue weighted by molar-refractivity contribution is 0.631. The molecule has 4 rings (SSSR count). The SMILES string of the molecule is Cc1cc(-c2c(C)cc3nc(C)cc(-c4ccccc4F)c3c2C)ccn1. The smallest absolute Gasteiger partial charge is 0.131 e. The average Bonchev–Trinajstić information content (AvgIpc) is 2.61. The van der Waals surface area contributed by atoms with Gasteiger partial charge in [-0.25, -0.2) is 4.39 Å². The molecular weight excluding hydrogens is 335 g/mol. The fraction of sp³-hybridized carbons (Fsp3) is 0.167. The van der Waals surface area contributed by atoms with E-state index in [9.17, 15) is 4.39 Å². The largest absolute Gasteiger partial charge is 0.262 e. The summed E-state index contributed by atoms with van der Waals surface area (Å²) in [5.41, 5.74) is 8.81. The first kappa shape index (κ1) is 17.3. The Kier molecular flexibility index (Phi) is 4.23. The summed E-state index contributed by atoms with van der Waals surface area (Å²) in [7, 11) is 0. The van der Waals surface area contributed by atoms with Gasteiger partial charge in [0, 0.05) is 28.5 Å². The maximum absolute atomic E-state index is 14.6. The maximum atomic E-state index is 14.6. The lowest BCUT2D eigenvalue weighted by Gasteiger charge is -2.17. The van der Waals surface area contributed by atoms with E-state index in [0.29, 0.717) is 5.56 Å². The quantitative estimate of drug-likeness (QED) is 0.419. The van der Waals surface area contributed by atoms with Crippen LogP contribution in [0.25, 0.3) is 33.2 Å². The number of hydrogen-bond acceptors (Lipinski definition) is 2. The summed E-state index contributed by atoms with van der Waals surface area (Å²) < 4.78 is 14.6. The van der Waals surface area contributed by atoms with E-state index in [2.05, 4.69) is 31.0 Å². The van der Waals surface area contributed by atoms with Gasteiger partial charge in [0.2, 0.25) is 0 Å². The van der Waals surface area contributed by atoms with Gasteiger partial charge < -0.3 is 0 Å². The summed E-state index contributed by atoms with van der Waals surface area (Å²) in [5, 5.41) is 1.00. The van der Waals surface area contributed by atoms with Crippen molar-refractivity contribution >= 4 is 10.9 Å². The highest BCUT2D eigenvalue weighted by molar-refractivity contribution is 6.01. The van der Waals surface area contributed by atoms with Gasteiger partial charge >= 0.3 is 0 Å². The number of rotatable bonds is 2. The summed E-state index contributed by atoms with van der Waals surface area (Å²) in [6.07, 6.45) is 1.83. The zero-order chi connectivity index (χ0) is 19.1. The first-order chi connectivity index (χ1) is 13.0. The third kappa shape index (κ3) is 2.99. The van der Waals surface area contributed by atoms with Crippen molar-refractivity contribution < 1.29 is 4.39 Å². The second kappa shape index (κ2) is 6.58. The molecule has 2 nitrogen and oxygen atoms in total. The van der Waals surface area contributed by atoms with E-state index in [1.165, 1.54) is 6.07 Å². The Morgan fingerprint density at radius 1 is 0.815 bits per heavy atom. The van der Waals surface area contributed by atoms with Gasteiger partial charge in [-0.15, -0.1) is 0 Å². The number of fused-ring (bicyclic) bond motifs is 1. The van der Waals surface area contributed by atoms with E-state index in [1.54, 1.807) is 6.07 Å². The molecule has 0 bridgehead atoms. The molecule has 27 heavy (non-hydrogen) atoms. The van der Waals surface area contributed by atoms with Gasteiger partial charge in [0.25, 0.3) is 0 Å². The lowest BCUT2D eigenvalue weighted by Crippen LogP contribution is -1.97. The average molecular weight is 356 g/mol. The monoisotopic (exact) mass is 356 g/mol. The van der Waals surface area contributed by atoms with E-state index in [1.807, 2.05) is 44.3 Å². The number of nitrogens with zero attached hydrogens (tertiary/aromatic N) is 2. The Hall–Kier alpha value is -3.07. The van der Waals surface area contributed by atoms with Crippen molar-refractivity contribution in [3.05, 3.63) is 83.1 Å². The van der Waals surface area contributed by atoms with Crippen LogP contribution < -0.4 is 0 Å². The van der Waals surface area contributed by atoms with Crippen LogP contribution >= 0.6 is 0 Å². The van der Waals surface area contributed by atoms with E-state index < -0.39 is 0 Å². The van der Waals surface area contributed by atoms with Crippen LogP contribution in [0.4, 0.5) is 4.39 Å². The molecule has 0 aliphatic heterocycles. The third-order valence-corrected chi connectivity index (χ3v) is 5.02. The first-order valence-corrected chi connectivity index (χ1v) is 9.05. The highest BCUT2D eigenvalue weighted by Crippen LogP contribution is 2.38. The molecule has 134 valence electrons. The minimum atomic E-state index is -0.217. The van der Waals surface area contributed by atoms with Gasteiger partial charge in [-0.2, -0.15) is 0 Å². The number of halogens is 1. The number of benzene rings is 2. The van der Waals surface area contributed by atoms with Gasteiger partial charge in [0.15, 0.2) is 0 Å². The van der Waals surface area contributed by atoms with Crippen LogP contribution in [-0.4, -0.2) is 9.97 Å². The van der Waals surface area contributed by atoms with Gasteiger partial charge in [-0.1, -0.05) is 18.2 Å². The molecule has 3 heteroatoms. The summed E-state index contributed by atoms with van der Waals surface area (Å²) in [6.45, 7) is 8.14. The topological polar surface area (TPSA) is 25.8 Å². The molecule has 0 saturated heterocycles. The molecule has 0 atom stereocenters. The van der Waals surface area contributed by atoms with Crippen LogP contribution in [-0.2, 0) is 0 Å². The molecule has 2 aromatic carbocycles. The molecule has 0 saturated carbocycles.